The van der Waals surface area contributed by atoms with E-state index in [1.807, 2.05) is 23.1 Å². The number of allylic oxidation sites excluding steroid dienone is 1. The molecule has 1 aromatic heterocycles. The van der Waals surface area contributed by atoms with Gasteiger partial charge in [0.25, 0.3) is 0 Å². The molecule has 1 aliphatic heterocycles. The molecular formula is C60H42N2S2. The van der Waals surface area contributed by atoms with Crippen LogP contribution < -0.4 is 9.80 Å². The average molecular weight is 855 g/mol. The van der Waals surface area contributed by atoms with Crippen LogP contribution in [0.15, 0.2) is 242 Å². The first-order chi connectivity index (χ1) is 31.6. The summed E-state index contributed by atoms with van der Waals surface area (Å²) in [6, 6.07) is 84.6. The lowest BCUT2D eigenvalue weighted by molar-refractivity contribution is 0.787. The third kappa shape index (κ3) is 6.93. The van der Waals surface area contributed by atoms with E-state index in [-0.39, 0.29) is 4.75 Å². The normalized spacial score (nSPS) is 14.8. The fourth-order valence-corrected chi connectivity index (χ4v) is 11.9. The number of anilines is 6. The fraction of sp³-hybridized carbons (Fsp3) is 0.0333. The number of benzene rings is 10. The lowest BCUT2D eigenvalue weighted by Crippen LogP contribution is -2.19. The summed E-state index contributed by atoms with van der Waals surface area (Å²) in [4.78, 5) is 7.41. The topological polar surface area (TPSA) is 6.48 Å². The molecule has 0 aliphatic carbocycles. The zero-order valence-corrected chi connectivity index (χ0v) is 36.6. The van der Waals surface area contributed by atoms with Crippen LogP contribution in [0, 0.1) is 0 Å². The van der Waals surface area contributed by atoms with Crippen molar-refractivity contribution >= 4 is 100 Å². The van der Waals surface area contributed by atoms with Crippen molar-refractivity contribution in [2.24, 2.45) is 0 Å². The van der Waals surface area contributed by atoms with Crippen LogP contribution in [0.2, 0.25) is 0 Å². The van der Waals surface area contributed by atoms with Crippen molar-refractivity contribution < 1.29 is 0 Å². The van der Waals surface area contributed by atoms with Gasteiger partial charge in [-0.05, 0) is 151 Å². The molecule has 0 N–H and O–H groups in total. The quantitative estimate of drug-likeness (QED) is 0.143. The zero-order chi connectivity index (χ0) is 42.5. The molecule has 1 unspecified atom stereocenters. The van der Waals surface area contributed by atoms with Gasteiger partial charge in [0.2, 0.25) is 0 Å². The van der Waals surface area contributed by atoms with Crippen LogP contribution >= 0.6 is 23.1 Å². The van der Waals surface area contributed by atoms with Crippen molar-refractivity contribution in [1.82, 2.24) is 0 Å². The number of thiophene rings is 1. The molecule has 1 atom stereocenters. The molecule has 4 heteroatoms. The van der Waals surface area contributed by atoms with Gasteiger partial charge in [0.15, 0.2) is 0 Å². The van der Waals surface area contributed by atoms with E-state index < -0.39 is 0 Å². The Morgan fingerprint density at radius 3 is 1.11 bits per heavy atom. The zero-order valence-electron chi connectivity index (χ0n) is 35.0. The van der Waals surface area contributed by atoms with E-state index in [2.05, 4.69) is 252 Å². The highest BCUT2D eigenvalue weighted by Crippen LogP contribution is 2.54. The van der Waals surface area contributed by atoms with Crippen LogP contribution in [0.1, 0.15) is 16.9 Å². The molecule has 0 saturated heterocycles. The van der Waals surface area contributed by atoms with Crippen molar-refractivity contribution in [2.75, 3.05) is 9.80 Å². The third-order valence-electron chi connectivity index (χ3n) is 12.7. The van der Waals surface area contributed by atoms with Gasteiger partial charge in [0.05, 0.1) is 4.75 Å². The molecule has 10 aromatic carbocycles. The highest BCUT2D eigenvalue weighted by molar-refractivity contribution is 8.03. The monoisotopic (exact) mass is 854 g/mol. The van der Waals surface area contributed by atoms with Gasteiger partial charge in [0.1, 0.15) is 0 Å². The highest BCUT2D eigenvalue weighted by atomic mass is 32.2. The molecule has 0 amide bonds. The Morgan fingerprint density at radius 2 is 0.719 bits per heavy atom. The van der Waals surface area contributed by atoms with Crippen LogP contribution in [-0.2, 0) is 4.75 Å². The van der Waals surface area contributed by atoms with Gasteiger partial charge in [-0.15, -0.1) is 23.1 Å². The Bertz CT molecular complexity index is 3360. The van der Waals surface area contributed by atoms with E-state index in [1.54, 1.807) is 0 Å². The molecule has 2 nitrogen and oxygen atoms in total. The van der Waals surface area contributed by atoms with Crippen LogP contribution in [0.25, 0.3) is 53.5 Å². The van der Waals surface area contributed by atoms with Crippen molar-refractivity contribution in [3.05, 3.63) is 252 Å². The van der Waals surface area contributed by atoms with Crippen molar-refractivity contribution in [3.8, 4) is 10.4 Å². The molecule has 0 fully saturated rings. The maximum atomic E-state index is 2.39. The summed E-state index contributed by atoms with van der Waals surface area (Å²) in [5.74, 6) is 0. The molecular weight excluding hydrogens is 813 g/mol. The van der Waals surface area contributed by atoms with Crippen molar-refractivity contribution in [2.45, 2.75) is 11.2 Å². The Kier molecular flexibility index (Phi) is 9.62. The second-order valence-corrected chi connectivity index (χ2v) is 18.9. The lowest BCUT2D eigenvalue weighted by Gasteiger charge is -2.30. The maximum absolute atomic E-state index is 2.39. The Labute approximate surface area is 382 Å². The summed E-state index contributed by atoms with van der Waals surface area (Å²) in [5.41, 5.74) is 9.34. The summed E-state index contributed by atoms with van der Waals surface area (Å²) in [6.07, 6.45) is 3.28. The average Bonchev–Trinajstić information content (AvgIpc) is 4.07. The number of hydrogen-bond donors (Lipinski definition) is 0. The minimum absolute atomic E-state index is 0.193. The maximum Gasteiger partial charge on any atom is 0.0825 e. The third-order valence-corrected chi connectivity index (χ3v) is 15.5. The minimum atomic E-state index is -0.193. The number of nitrogens with zero attached hydrogens (tertiary/aromatic N) is 2. The first-order valence-electron chi connectivity index (χ1n) is 21.8. The van der Waals surface area contributed by atoms with Crippen LogP contribution in [0.4, 0.5) is 34.1 Å². The van der Waals surface area contributed by atoms with Crippen molar-refractivity contribution in [1.29, 1.82) is 0 Å². The van der Waals surface area contributed by atoms with Gasteiger partial charge in [-0.3, -0.25) is 0 Å². The molecule has 64 heavy (non-hydrogen) atoms. The van der Waals surface area contributed by atoms with Gasteiger partial charge >= 0.3 is 0 Å². The molecule has 304 valence electrons. The van der Waals surface area contributed by atoms with E-state index in [0.717, 1.165) is 40.5 Å². The molecule has 2 heterocycles. The predicted octanol–water partition coefficient (Wildman–Crippen LogP) is 17.9. The first-order valence-corrected chi connectivity index (χ1v) is 23.5. The SMILES string of the molecule is C1=CSC(c2ccc(N(c3ccc4ccccc4c3)c3ccc4ccccc4c3)cc2)(c2ccc(-c3ccc(N(c4ccc5ccccc5c4)c4ccc5ccccc5c4)cc3)s2)C1. The van der Waals surface area contributed by atoms with Crippen molar-refractivity contribution in [3.63, 3.8) is 0 Å². The highest BCUT2D eigenvalue weighted by Gasteiger charge is 2.37. The number of fused-ring (bicyclic) bond motifs is 4. The largest absolute Gasteiger partial charge is 0.310 e. The molecule has 0 bridgehead atoms. The minimum Gasteiger partial charge on any atom is -0.310 e. The summed E-state index contributed by atoms with van der Waals surface area (Å²) >= 11 is 3.84. The molecule has 12 rings (SSSR count). The van der Waals surface area contributed by atoms with Gasteiger partial charge in [-0.2, -0.15) is 0 Å². The van der Waals surface area contributed by atoms with Gasteiger partial charge < -0.3 is 9.80 Å². The molecule has 1 aliphatic rings. The summed E-state index contributed by atoms with van der Waals surface area (Å²) in [7, 11) is 0. The summed E-state index contributed by atoms with van der Waals surface area (Å²) in [5, 5.41) is 12.1. The first kappa shape index (κ1) is 38.3. The van der Waals surface area contributed by atoms with E-state index in [9.17, 15) is 0 Å². The number of hydrogen-bond acceptors (Lipinski definition) is 4. The summed E-state index contributed by atoms with van der Waals surface area (Å²) in [6.45, 7) is 0. The van der Waals surface area contributed by atoms with E-state index in [1.165, 1.54) is 64.0 Å². The van der Waals surface area contributed by atoms with E-state index >= 15 is 0 Å². The van der Waals surface area contributed by atoms with Crippen LogP contribution in [0.5, 0.6) is 0 Å². The second-order valence-electron chi connectivity index (χ2n) is 16.6. The van der Waals surface area contributed by atoms with Crippen LogP contribution in [-0.4, -0.2) is 0 Å². The smallest absolute Gasteiger partial charge is 0.0825 e. The number of rotatable bonds is 9. The standard InChI is InChI=1S/C60H42N2S2/c1-5-14-47-38-54(28-18-42(47)10-1)61(55-29-19-43-11-2-6-15-48(43)39-55)52-26-22-46(23-27-52)58-34-35-59(64-58)60(36-9-37-63-60)51-24-32-53(33-25-51)62(56-30-20-44-12-3-7-16-49(44)40-56)57-31-21-45-13-4-8-17-50(45)41-57/h1-35,37-41H,36H2. The molecule has 0 radical (unpaired) electrons. The number of thioether (sulfide) groups is 1. The van der Waals surface area contributed by atoms with E-state index in [4.69, 9.17) is 0 Å². The Morgan fingerprint density at radius 1 is 0.344 bits per heavy atom. The van der Waals surface area contributed by atoms with Gasteiger partial charge in [-0.25, -0.2) is 0 Å². The van der Waals surface area contributed by atoms with Gasteiger partial charge in [-0.1, -0.05) is 152 Å². The Hall–Kier alpha value is -7.37. The lowest BCUT2D eigenvalue weighted by atomic mass is 9.92. The van der Waals surface area contributed by atoms with E-state index in [0.29, 0.717) is 0 Å². The Balaban J connectivity index is 0.876. The fourth-order valence-electron chi connectivity index (χ4n) is 9.44. The summed E-state index contributed by atoms with van der Waals surface area (Å²) < 4.78 is -0.193. The van der Waals surface area contributed by atoms with Crippen LogP contribution in [0.3, 0.4) is 0 Å². The molecule has 11 aromatic rings. The predicted molar refractivity (Wildman–Crippen MR) is 278 cm³/mol. The van der Waals surface area contributed by atoms with Gasteiger partial charge in [0, 0.05) is 43.9 Å². The second kappa shape index (κ2) is 16.1. The molecule has 0 saturated carbocycles. The molecule has 0 spiro atoms.